The van der Waals surface area contributed by atoms with Crippen molar-refractivity contribution in [3.63, 3.8) is 0 Å². The summed E-state index contributed by atoms with van der Waals surface area (Å²) in [4.78, 5) is 0. The molecular formula is C13H10BrFO. The van der Waals surface area contributed by atoms with Crippen molar-refractivity contribution in [2.75, 3.05) is 7.11 Å². The summed E-state index contributed by atoms with van der Waals surface area (Å²) in [6, 6.07) is 12.6. The monoisotopic (exact) mass is 280 g/mol. The van der Waals surface area contributed by atoms with Crippen molar-refractivity contribution in [2.45, 2.75) is 0 Å². The fourth-order valence-corrected chi connectivity index (χ4v) is 1.86. The van der Waals surface area contributed by atoms with E-state index in [4.69, 9.17) is 4.74 Å². The van der Waals surface area contributed by atoms with E-state index in [9.17, 15) is 4.39 Å². The molecule has 0 amide bonds. The van der Waals surface area contributed by atoms with Gasteiger partial charge in [-0.3, -0.25) is 0 Å². The SMILES string of the molecule is COc1ccc(-c2cccc(Br)c2F)cc1. The summed E-state index contributed by atoms with van der Waals surface area (Å²) in [6.07, 6.45) is 0. The van der Waals surface area contributed by atoms with Crippen LogP contribution in [-0.2, 0) is 0 Å². The summed E-state index contributed by atoms with van der Waals surface area (Å²) in [5.41, 5.74) is 1.41. The fraction of sp³-hybridized carbons (Fsp3) is 0.0769. The molecule has 2 aromatic rings. The lowest BCUT2D eigenvalue weighted by Crippen LogP contribution is -1.86. The van der Waals surface area contributed by atoms with Gasteiger partial charge in [-0.15, -0.1) is 0 Å². The largest absolute Gasteiger partial charge is 0.497 e. The molecule has 0 bridgehead atoms. The van der Waals surface area contributed by atoms with Crippen LogP contribution in [0, 0.1) is 5.82 Å². The van der Waals surface area contributed by atoms with Crippen molar-refractivity contribution < 1.29 is 9.13 Å². The van der Waals surface area contributed by atoms with Gasteiger partial charge in [-0.05, 0) is 39.7 Å². The molecule has 82 valence electrons. The Morgan fingerprint density at radius 1 is 1.06 bits per heavy atom. The zero-order valence-electron chi connectivity index (χ0n) is 8.71. The van der Waals surface area contributed by atoms with Gasteiger partial charge in [0, 0.05) is 5.56 Å². The number of halogens is 2. The van der Waals surface area contributed by atoms with Gasteiger partial charge in [0.1, 0.15) is 11.6 Å². The Balaban J connectivity index is 2.46. The van der Waals surface area contributed by atoms with Gasteiger partial charge in [-0.2, -0.15) is 0 Å². The third kappa shape index (κ3) is 2.09. The molecule has 16 heavy (non-hydrogen) atoms. The van der Waals surface area contributed by atoms with Crippen LogP contribution in [0.4, 0.5) is 4.39 Å². The molecule has 0 fully saturated rings. The molecule has 0 saturated heterocycles. The lowest BCUT2D eigenvalue weighted by Gasteiger charge is -2.06. The molecule has 0 atom stereocenters. The zero-order chi connectivity index (χ0) is 11.5. The van der Waals surface area contributed by atoms with Crippen LogP contribution < -0.4 is 4.74 Å². The Bertz CT molecular complexity index is 494. The number of methoxy groups -OCH3 is 1. The topological polar surface area (TPSA) is 9.23 Å². The van der Waals surface area contributed by atoms with Crippen molar-refractivity contribution in [1.82, 2.24) is 0 Å². The van der Waals surface area contributed by atoms with Crippen LogP contribution in [0.2, 0.25) is 0 Å². The second kappa shape index (κ2) is 4.66. The molecule has 0 unspecified atom stereocenters. The molecule has 0 radical (unpaired) electrons. The lowest BCUT2D eigenvalue weighted by atomic mass is 10.1. The summed E-state index contributed by atoms with van der Waals surface area (Å²) >= 11 is 3.17. The van der Waals surface area contributed by atoms with Gasteiger partial charge in [0.2, 0.25) is 0 Å². The molecular weight excluding hydrogens is 271 g/mol. The van der Waals surface area contributed by atoms with Crippen molar-refractivity contribution in [3.05, 3.63) is 52.8 Å². The van der Waals surface area contributed by atoms with E-state index in [0.29, 0.717) is 10.0 Å². The first kappa shape index (κ1) is 11.1. The molecule has 0 spiro atoms. The maximum absolute atomic E-state index is 13.8. The summed E-state index contributed by atoms with van der Waals surface area (Å²) in [5, 5.41) is 0. The predicted molar refractivity (Wildman–Crippen MR) is 66.1 cm³/mol. The van der Waals surface area contributed by atoms with Gasteiger partial charge in [0.25, 0.3) is 0 Å². The summed E-state index contributed by atoms with van der Waals surface area (Å²) < 4.78 is 19.3. The van der Waals surface area contributed by atoms with Crippen LogP contribution in [-0.4, -0.2) is 7.11 Å². The first-order valence-corrected chi connectivity index (χ1v) is 5.60. The average Bonchev–Trinajstić information content (AvgIpc) is 2.33. The van der Waals surface area contributed by atoms with Crippen LogP contribution in [0.25, 0.3) is 11.1 Å². The van der Waals surface area contributed by atoms with Gasteiger partial charge in [0.15, 0.2) is 0 Å². The first-order chi connectivity index (χ1) is 7.72. The van der Waals surface area contributed by atoms with Crippen LogP contribution in [0.3, 0.4) is 0 Å². The predicted octanol–water partition coefficient (Wildman–Crippen LogP) is 4.26. The number of hydrogen-bond donors (Lipinski definition) is 0. The third-order valence-corrected chi connectivity index (χ3v) is 2.97. The van der Waals surface area contributed by atoms with Crippen LogP contribution in [0.5, 0.6) is 5.75 Å². The molecule has 3 heteroatoms. The van der Waals surface area contributed by atoms with Gasteiger partial charge in [-0.1, -0.05) is 24.3 Å². The quantitative estimate of drug-likeness (QED) is 0.799. The number of hydrogen-bond acceptors (Lipinski definition) is 1. The number of rotatable bonds is 2. The smallest absolute Gasteiger partial charge is 0.145 e. The van der Waals surface area contributed by atoms with Crippen molar-refractivity contribution in [3.8, 4) is 16.9 Å². The van der Waals surface area contributed by atoms with E-state index in [1.807, 2.05) is 30.3 Å². The van der Waals surface area contributed by atoms with E-state index in [0.717, 1.165) is 11.3 Å². The number of benzene rings is 2. The fourth-order valence-electron chi connectivity index (χ4n) is 1.50. The minimum absolute atomic E-state index is 0.243. The Kier molecular flexibility index (Phi) is 3.25. The highest BCUT2D eigenvalue weighted by Gasteiger charge is 2.07. The molecule has 0 aliphatic heterocycles. The maximum Gasteiger partial charge on any atom is 0.145 e. The minimum Gasteiger partial charge on any atom is -0.497 e. The van der Waals surface area contributed by atoms with Crippen molar-refractivity contribution in [2.24, 2.45) is 0 Å². The highest BCUT2D eigenvalue weighted by molar-refractivity contribution is 9.10. The van der Waals surface area contributed by atoms with E-state index in [1.54, 1.807) is 19.2 Å². The molecule has 1 nitrogen and oxygen atoms in total. The second-order valence-corrected chi connectivity index (χ2v) is 4.18. The molecule has 0 N–H and O–H groups in total. The van der Waals surface area contributed by atoms with Crippen LogP contribution in [0.15, 0.2) is 46.9 Å². The standard InChI is InChI=1S/C13H10BrFO/c1-16-10-7-5-9(6-8-10)11-3-2-4-12(14)13(11)15/h2-8H,1H3. The van der Waals surface area contributed by atoms with Crippen LogP contribution >= 0.6 is 15.9 Å². The summed E-state index contributed by atoms with van der Waals surface area (Å²) in [5.74, 6) is 0.520. The zero-order valence-corrected chi connectivity index (χ0v) is 10.3. The Hall–Kier alpha value is -1.35. The highest BCUT2D eigenvalue weighted by atomic mass is 79.9. The van der Waals surface area contributed by atoms with Crippen molar-refractivity contribution in [1.29, 1.82) is 0 Å². The van der Waals surface area contributed by atoms with E-state index >= 15 is 0 Å². The summed E-state index contributed by atoms with van der Waals surface area (Å²) in [7, 11) is 1.61. The maximum atomic E-state index is 13.8. The van der Waals surface area contributed by atoms with E-state index in [-0.39, 0.29) is 5.82 Å². The molecule has 0 heterocycles. The molecule has 0 saturated carbocycles. The Morgan fingerprint density at radius 2 is 1.75 bits per heavy atom. The van der Waals surface area contributed by atoms with Gasteiger partial charge in [0.05, 0.1) is 11.6 Å². The highest BCUT2D eigenvalue weighted by Crippen LogP contribution is 2.28. The molecule has 0 aliphatic carbocycles. The number of ether oxygens (including phenoxy) is 1. The van der Waals surface area contributed by atoms with Gasteiger partial charge >= 0.3 is 0 Å². The normalized spacial score (nSPS) is 10.2. The average molecular weight is 281 g/mol. The van der Waals surface area contributed by atoms with E-state index in [2.05, 4.69) is 15.9 Å². The first-order valence-electron chi connectivity index (χ1n) is 4.81. The lowest BCUT2D eigenvalue weighted by molar-refractivity contribution is 0.415. The third-order valence-electron chi connectivity index (χ3n) is 2.35. The van der Waals surface area contributed by atoms with E-state index < -0.39 is 0 Å². The van der Waals surface area contributed by atoms with E-state index in [1.165, 1.54) is 0 Å². The van der Waals surface area contributed by atoms with Crippen LogP contribution in [0.1, 0.15) is 0 Å². The minimum atomic E-state index is -0.243. The molecule has 2 aromatic carbocycles. The van der Waals surface area contributed by atoms with Gasteiger partial charge < -0.3 is 4.74 Å². The molecule has 0 aliphatic rings. The van der Waals surface area contributed by atoms with Gasteiger partial charge in [-0.25, -0.2) is 4.39 Å². The molecule has 2 rings (SSSR count). The molecule has 0 aromatic heterocycles. The second-order valence-electron chi connectivity index (χ2n) is 3.33. The Labute approximate surface area is 102 Å². The Morgan fingerprint density at radius 3 is 2.38 bits per heavy atom. The summed E-state index contributed by atoms with van der Waals surface area (Å²) in [6.45, 7) is 0. The van der Waals surface area contributed by atoms with Crippen molar-refractivity contribution >= 4 is 15.9 Å².